The summed E-state index contributed by atoms with van der Waals surface area (Å²) in [5.41, 5.74) is 3.74. The number of carbonyl (C=O) groups is 1. The van der Waals surface area contributed by atoms with Crippen LogP contribution in [0.4, 0.5) is 0 Å². The van der Waals surface area contributed by atoms with E-state index in [0.29, 0.717) is 18.1 Å². The van der Waals surface area contributed by atoms with Gasteiger partial charge in [-0.15, -0.1) is 11.3 Å². The Kier molecular flexibility index (Phi) is 5.93. The fourth-order valence-electron chi connectivity index (χ4n) is 4.51. The van der Waals surface area contributed by atoms with Gasteiger partial charge >= 0.3 is 0 Å². The van der Waals surface area contributed by atoms with Gasteiger partial charge in [0.1, 0.15) is 4.83 Å². The smallest absolute Gasteiger partial charge is 0.262 e. The number of fused-ring (bicyclic) bond motifs is 3. The highest BCUT2D eigenvalue weighted by molar-refractivity contribution is 7.18. The van der Waals surface area contributed by atoms with Crippen molar-refractivity contribution in [3.05, 3.63) is 50.1 Å². The van der Waals surface area contributed by atoms with E-state index in [2.05, 4.69) is 16.5 Å². The lowest BCUT2D eigenvalue weighted by Crippen LogP contribution is -2.25. The van der Waals surface area contributed by atoms with Crippen molar-refractivity contribution in [3.63, 3.8) is 0 Å². The molecule has 0 spiro atoms. The highest BCUT2D eigenvalue weighted by atomic mass is 32.1. The summed E-state index contributed by atoms with van der Waals surface area (Å²) in [5.74, 6) is 0.593. The van der Waals surface area contributed by atoms with Crippen molar-refractivity contribution in [3.8, 4) is 0 Å². The molecular weight excluding hydrogens is 398 g/mol. The number of rotatable bonds is 7. The van der Waals surface area contributed by atoms with Crippen LogP contribution >= 0.6 is 11.3 Å². The Balaban J connectivity index is 1.62. The Morgan fingerprint density at radius 3 is 2.93 bits per heavy atom. The fraction of sp³-hybridized carbons (Fsp3) is 0.522. The summed E-state index contributed by atoms with van der Waals surface area (Å²) in [6.45, 7) is 7.74. The Hall–Kier alpha value is -2.25. The van der Waals surface area contributed by atoms with Crippen LogP contribution in [-0.2, 0) is 30.7 Å². The van der Waals surface area contributed by atoms with E-state index in [9.17, 15) is 9.59 Å². The number of thiophene rings is 1. The molecule has 0 aliphatic heterocycles. The van der Waals surface area contributed by atoms with Crippen LogP contribution in [0, 0.1) is 19.8 Å². The third kappa shape index (κ3) is 3.76. The first kappa shape index (κ1) is 21.0. The highest BCUT2D eigenvalue weighted by Gasteiger charge is 2.24. The van der Waals surface area contributed by atoms with Crippen molar-refractivity contribution < 1.29 is 9.53 Å². The number of methoxy groups -OCH3 is 1. The molecule has 0 radical (unpaired) electrons. The quantitative estimate of drug-likeness (QED) is 0.423. The van der Waals surface area contributed by atoms with Crippen molar-refractivity contribution >= 4 is 27.3 Å². The van der Waals surface area contributed by atoms with E-state index in [1.165, 1.54) is 15.8 Å². The Labute approximate surface area is 180 Å². The maximum absolute atomic E-state index is 13.2. The first-order valence-corrected chi connectivity index (χ1v) is 11.4. The number of hydrogen-bond acceptors (Lipinski definition) is 5. The van der Waals surface area contributed by atoms with Gasteiger partial charge < -0.3 is 9.30 Å². The van der Waals surface area contributed by atoms with Gasteiger partial charge in [-0.05, 0) is 57.1 Å². The van der Waals surface area contributed by atoms with E-state index in [4.69, 9.17) is 4.74 Å². The van der Waals surface area contributed by atoms with E-state index in [0.717, 1.165) is 59.4 Å². The summed E-state index contributed by atoms with van der Waals surface area (Å²) in [4.78, 5) is 32.9. The summed E-state index contributed by atoms with van der Waals surface area (Å²) in [5, 5.41) is 0.724. The molecule has 1 aliphatic carbocycles. The van der Waals surface area contributed by atoms with Crippen LogP contribution in [0.5, 0.6) is 0 Å². The average Bonchev–Trinajstić information content (AvgIpc) is 3.22. The zero-order chi connectivity index (χ0) is 21.4. The highest BCUT2D eigenvalue weighted by Crippen LogP contribution is 2.35. The predicted molar refractivity (Wildman–Crippen MR) is 120 cm³/mol. The maximum atomic E-state index is 13.2. The monoisotopic (exact) mass is 427 g/mol. The van der Waals surface area contributed by atoms with Gasteiger partial charge in [0, 0.05) is 42.1 Å². The van der Waals surface area contributed by atoms with Crippen LogP contribution in [0.3, 0.4) is 0 Å². The van der Waals surface area contributed by atoms with E-state index in [-0.39, 0.29) is 17.9 Å². The van der Waals surface area contributed by atoms with E-state index in [1.807, 2.05) is 19.9 Å². The fourth-order valence-corrected chi connectivity index (χ4v) is 5.85. The zero-order valence-electron chi connectivity index (χ0n) is 18.2. The van der Waals surface area contributed by atoms with E-state index >= 15 is 0 Å². The van der Waals surface area contributed by atoms with Crippen molar-refractivity contribution in [2.45, 2.75) is 59.5 Å². The molecule has 4 rings (SSSR count). The van der Waals surface area contributed by atoms with Crippen molar-refractivity contribution in [2.24, 2.45) is 5.92 Å². The van der Waals surface area contributed by atoms with Gasteiger partial charge in [0.25, 0.3) is 5.56 Å². The molecule has 0 saturated heterocycles. The molecule has 30 heavy (non-hydrogen) atoms. The van der Waals surface area contributed by atoms with Gasteiger partial charge in [-0.1, -0.05) is 6.92 Å². The SMILES string of the molecule is COCCCn1c(C)cc(C(=O)Cn2cnc3sc4c(c3c2=O)CCC(C)C4)c1C. The lowest BCUT2D eigenvalue weighted by atomic mass is 9.89. The number of hydrogen-bond donors (Lipinski definition) is 0. The minimum absolute atomic E-state index is 0.0190. The summed E-state index contributed by atoms with van der Waals surface area (Å²) in [6, 6.07) is 1.93. The van der Waals surface area contributed by atoms with Gasteiger partial charge in [0.2, 0.25) is 0 Å². The summed E-state index contributed by atoms with van der Waals surface area (Å²) >= 11 is 1.64. The largest absolute Gasteiger partial charge is 0.385 e. The Morgan fingerprint density at radius 1 is 1.37 bits per heavy atom. The average molecular weight is 428 g/mol. The second-order valence-corrected chi connectivity index (χ2v) is 9.50. The standard InChI is InChI=1S/C23H29N3O3S/c1-14-6-7-17-20(10-14)30-22-21(17)23(28)25(13-24-22)12-19(27)18-11-15(2)26(16(18)3)8-5-9-29-4/h11,13-14H,5-10,12H2,1-4H3. The summed E-state index contributed by atoms with van der Waals surface area (Å²) < 4.78 is 8.76. The number of carbonyl (C=O) groups excluding carboxylic acids is 1. The number of ketones is 1. The topological polar surface area (TPSA) is 66.1 Å². The number of nitrogens with zero attached hydrogens (tertiary/aromatic N) is 3. The first-order valence-electron chi connectivity index (χ1n) is 10.6. The van der Waals surface area contributed by atoms with Gasteiger partial charge in [0.05, 0.1) is 18.3 Å². The number of Topliss-reactive ketones (excluding diaryl/α,β-unsaturated/α-hetero) is 1. The van der Waals surface area contributed by atoms with Crippen molar-refractivity contribution in [1.82, 2.24) is 14.1 Å². The molecule has 3 aromatic heterocycles. The van der Waals surface area contributed by atoms with Crippen LogP contribution in [0.25, 0.3) is 10.2 Å². The molecule has 0 aromatic carbocycles. The normalized spacial score (nSPS) is 16.2. The van der Waals surface area contributed by atoms with Gasteiger partial charge in [-0.2, -0.15) is 0 Å². The second-order valence-electron chi connectivity index (χ2n) is 8.42. The molecule has 0 fully saturated rings. The molecule has 1 aliphatic rings. The molecule has 1 atom stereocenters. The van der Waals surface area contributed by atoms with E-state index < -0.39 is 0 Å². The minimum Gasteiger partial charge on any atom is -0.385 e. The first-order chi connectivity index (χ1) is 14.4. The number of aryl methyl sites for hydroxylation is 2. The molecule has 1 unspecified atom stereocenters. The number of aromatic nitrogens is 3. The Bertz CT molecular complexity index is 1150. The van der Waals surface area contributed by atoms with Crippen molar-refractivity contribution in [2.75, 3.05) is 13.7 Å². The summed E-state index contributed by atoms with van der Waals surface area (Å²) in [7, 11) is 1.69. The predicted octanol–water partition coefficient (Wildman–Crippen LogP) is 3.92. The Morgan fingerprint density at radius 2 is 2.17 bits per heavy atom. The third-order valence-electron chi connectivity index (χ3n) is 6.20. The van der Waals surface area contributed by atoms with Gasteiger partial charge in [-0.3, -0.25) is 14.2 Å². The third-order valence-corrected chi connectivity index (χ3v) is 7.36. The zero-order valence-corrected chi connectivity index (χ0v) is 19.0. The van der Waals surface area contributed by atoms with Crippen LogP contribution in [0.1, 0.15) is 52.0 Å². The van der Waals surface area contributed by atoms with Crippen LogP contribution < -0.4 is 5.56 Å². The van der Waals surface area contributed by atoms with Crippen molar-refractivity contribution in [1.29, 1.82) is 0 Å². The van der Waals surface area contributed by atoms with Gasteiger partial charge in [-0.25, -0.2) is 4.98 Å². The molecule has 0 saturated carbocycles. The lowest BCUT2D eigenvalue weighted by Gasteiger charge is -2.17. The van der Waals surface area contributed by atoms with E-state index in [1.54, 1.807) is 18.4 Å². The molecule has 3 heterocycles. The molecule has 3 aromatic rings. The van der Waals surface area contributed by atoms with Crippen LogP contribution in [0.15, 0.2) is 17.2 Å². The molecule has 7 heteroatoms. The molecule has 0 amide bonds. The van der Waals surface area contributed by atoms with Crippen LogP contribution in [0.2, 0.25) is 0 Å². The summed E-state index contributed by atoms with van der Waals surface area (Å²) in [6.07, 6.45) is 5.47. The maximum Gasteiger partial charge on any atom is 0.262 e. The molecule has 0 bridgehead atoms. The molecular formula is C23H29N3O3S. The molecule has 160 valence electrons. The molecule has 6 nitrogen and oxygen atoms in total. The lowest BCUT2D eigenvalue weighted by molar-refractivity contribution is 0.0970. The molecule has 0 N–H and O–H groups in total. The number of ether oxygens (including phenoxy) is 1. The van der Waals surface area contributed by atoms with Crippen LogP contribution in [-0.4, -0.2) is 33.6 Å². The minimum atomic E-state index is -0.0886. The van der Waals surface area contributed by atoms with Gasteiger partial charge in [0.15, 0.2) is 5.78 Å². The second kappa shape index (κ2) is 8.47.